The van der Waals surface area contributed by atoms with E-state index in [2.05, 4.69) is 45.1 Å². The van der Waals surface area contributed by atoms with E-state index in [-0.39, 0.29) is 17.4 Å². The second kappa shape index (κ2) is 14.5. The van der Waals surface area contributed by atoms with Crippen molar-refractivity contribution in [2.24, 2.45) is 11.8 Å². The fourth-order valence-electron chi connectivity index (χ4n) is 7.94. The Morgan fingerprint density at radius 2 is 2.06 bits per heavy atom. The summed E-state index contributed by atoms with van der Waals surface area (Å²) in [6.45, 7) is 3.13. The lowest BCUT2D eigenvalue weighted by molar-refractivity contribution is -0.168. The van der Waals surface area contributed by atoms with Crippen molar-refractivity contribution in [3.8, 4) is 5.75 Å². The third kappa shape index (κ3) is 6.96. The van der Waals surface area contributed by atoms with Crippen molar-refractivity contribution in [1.82, 2.24) is 4.90 Å². The van der Waals surface area contributed by atoms with Crippen LogP contribution in [0.5, 0.6) is 5.75 Å². The summed E-state index contributed by atoms with van der Waals surface area (Å²) >= 11 is 9.99. The Kier molecular flexibility index (Phi) is 10.6. The number of rotatable bonds is 5. The Morgan fingerprint density at radius 1 is 1.21 bits per heavy atom. The molecule has 1 spiro atoms. The van der Waals surface area contributed by atoms with Crippen LogP contribution in [0.25, 0.3) is 0 Å². The van der Waals surface area contributed by atoms with Gasteiger partial charge in [-0.3, -0.25) is 4.79 Å². The number of hydrogen-bond donors (Lipinski definition) is 1. The van der Waals surface area contributed by atoms with Gasteiger partial charge >= 0.3 is 5.97 Å². The van der Waals surface area contributed by atoms with Crippen LogP contribution in [0.3, 0.4) is 0 Å². The van der Waals surface area contributed by atoms with E-state index < -0.39 is 18.0 Å². The normalized spacial score (nSPS) is 30.0. The van der Waals surface area contributed by atoms with E-state index in [1.807, 2.05) is 18.2 Å². The van der Waals surface area contributed by atoms with E-state index in [0.717, 1.165) is 61.1 Å². The fraction of sp³-hybridized carbons (Fsp3) is 0.568. The minimum atomic E-state index is -2.15. The summed E-state index contributed by atoms with van der Waals surface area (Å²) in [5, 5.41) is 13.6. The van der Waals surface area contributed by atoms with Crippen LogP contribution in [0.2, 0.25) is 5.02 Å². The third-order valence-electron chi connectivity index (χ3n) is 10.8. The van der Waals surface area contributed by atoms with Crippen LogP contribution in [0.1, 0.15) is 61.6 Å². The lowest BCUT2D eigenvalue weighted by Crippen LogP contribution is -2.50. The van der Waals surface area contributed by atoms with Crippen LogP contribution in [0, 0.1) is 11.8 Å². The van der Waals surface area contributed by atoms with E-state index in [1.54, 1.807) is 18.0 Å². The number of benzene rings is 2. The average Bonchev–Trinajstić information content (AvgIpc) is 3.20. The highest BCUT2D eigenvalue weighted by atomic mass is 79.9. The largest absolute Gasteiger partial charge is 0.490 e. The molecule has 1 N–H and O–H groups in total. The van der Waals surface area contributed by atoms with Gasteiger partial charge in [-0.25, -0.2) is 4.79 Å². The Labute approximate surface area is 291 Å². The van der Waals surface area contributed by atoms with Crippen molar-refractivity contribution in [1.29, 1.82) is 0 Å². The molecule has 0 radical (unpaired) electrons. The number of alkyl halides is 1. The summed E-state index contributed by atoms with van der Waals surface area (Å²) in [5.41, 5.74) is 1.26. The number of ether oxygens (including phenoxy) is 3. The maximum atomic E-state index is 13.4. The van der Waals surface area contributed by atoms with Crippen LogP contribution in [-0.4, -0.2) is 80.3 Å². The van der Waals surface area contributed by atoms with Crippen molar-refractivity contribution in [3.63, 3.8) is 0 Å². The highest BCUT2D eigenvalue weighted by molar-refractivity contribution is 9.09. The van der Waals surface area contributed by atoms with Crippen LogP contribution in [-0.2, 0) is 36.5 Å². The van der Waals surface area contributed by atoms with Gasteiger partial charge in [-0.1, -0.05) is 51.8 Å². The van der Waals surface area contributed by atoms with Crippen molar-refractivity contribution >= 4 is 45.1 Å². The van der Waals surface area contributed by atoms with Crippen LogP contribution < -0.4 is 9.64 Å². The molecule has 1 amide bonds. The highest BCUT2D eigenvalue weighted by Gasteiger charge is 2.46. The van der Waals surface area contributed by atoms with Gasteiger partial charge in [-0.2, -0.15) is 0 Å². The molecule has 4 aliphatic rings. The smallest absolute Gasteiger partial charge is 0.343 e. The number of aliphatic hydroxyl groups is 1. The Bertz CT molecular complexity index is 1500. The first-order valence-corrected chi connectivity index (χ1v) is 18.4. The molecule has 1 saturated carbocycles. The summed E-state index contributed by atoms with van der Waals surface area (Å²) < 4.78 is 18.2. The molecule has 8 nitrogen and oxygen atoms in total. The number of anilines is 1. The van der Waals surface area contributed by atoms with Crippen LogP contribution in [0.15, 0.2) is 48.6 Å². The zero-order valence-corrected chi connectivity index (χ0v) is 29.7. The first-order chi connectivity index (χ1) is 22.7. The van der Waals surface area contributed by atoms with Gasteiger partial charge < -0.3 is 29.1 Å². The molecule has 0 aromatic heterocycles. The number of amides is 1. The van der Waals surface area contributed by atoms with Crippen molar-refractivity contribution in [2.45, 2.75) is 68.5 Å². The van der Waals surface area contributed by atoms with E-state index in [9.17, 15) is 14.7 Å². The van der Waals surface area contributed by atoms with Gasteiger partial charge in [-0.05, 0) is 97.7 Å². The number of halogens is 2. The fourth-order valence-corrected chi connectivity index (χ4v) is 8.37. The quantitative estimate of drug-likeness (QED) is 0.170. The molecule has 0 saturated heterocycles. The van der Waals surface area contributed by atoms with Gasteiger partial charge in [0.15, 0.2) is 5.60 Å². The second-order valence-electron chi connectivity index (χ2n) is 13.7. The first kappa shape index (κ1) is 34.3. The van der Waals surface area contributed by atoms with Gasteiger partial charge in [0.1, 0.15) is 5.75 Å². The summed E-state index contributed by atoms with van der Waals surface area (Å²) in [6, 6.07) is 11.6. The maximum Gasteiger partial charge on any atom is 0.343 e. The van der Waals surface area contributed by atoms with E-state index in [4.69, 9.17) is 25.8 Å². The maximum absolute atomic E-state index is 13.4. The number of fused-ring (bicyclic) bond motifs is 4. The highest BCUT2D eigenvalue weighted by Crippen LogP contribution is 2.48. The first-order valence-electron chi connectivity index (χ1n) is 16.9. The number of esters is 1. The molecule has 2 aromatic rings. The van der Waals surface area contributed by atoms with Crippen LogP contribution >= 0.6 is 27.5 Å². The molecule has 47 heavy (non-hydrogen) atoms. The van der Waals surface area contributed by atoms with E-state index in [1.165, 1.54) is 18.2 Å². The van der Waals surface area contributed by atoms with Gasteiger partial charge in [0.2, 0.25) is 5.91 Å². The predicted molar refractivity (Wildman–Crippen MR) is 187 cm³/mol. The lowest BCUT2D eigenvalue weighted by Gasteiger charge is -2.46. The molecule has 2 aliphatic heterocycles. The molecule has 2 heterocycles. The van der Waals surface area contributed by atoms with E-state index >= 15 is 0 Å². The van der Waals surface area contributed by atoms with Gasteiger partial charge in [0.25, 0.3) is 0 Å². The number of nitrogens with zero attached hydrogens (tertiary/aromatic N) is 2. The zero-order chi connectivity index (χ0) is 33.2. The lowest BCUT2D eigenvalue weighted by atomic mass is 9.68. The minimum Gasteiger partial charge on any atom is -0.490 e. The molecule has 6 rings (SSSR count). The summed E-state index contributed by atoms with van der Waals surface area (Å²) in [5.74, 6) is 0.222. The summed E-state index contributed by atoms with van der Waals surface area (Å²) in [6.07, 6.45) is 10.6. The Hall–Kier alpha value is -2.59. The van der Waals surface area contributed by atoms with Crippen molar-refractivity contribution < 1.29 is 28.9 Å². The summed E-state index contributed by atoms with van der Waals surface area (Å²) in [7, 11) is 2.94. The standard InChI is InChI=1S/C37H46BrClN2O6/c1-40-17-4-3-8-32(46-18-6-16-38)29-12-9-26(29)22-41-23-36(15-5-7-25-19-28(39)11-13-30(25)36)24-47-33-14-10-27(20-31(33)41)37(44,21-34(40)42)35(43)45-2/h3,8,10-11,13-14,19-20,26,29,32,44H,4-7,9,12,15-18,21-24H2,1-2H3/b8-3+/t26-,29+,32-,36-,37+/m0/s1. The zero-order valence-electron chi connectivity index (χ0n) is 27.4. The SMILES string of the molecule is COC(=O)[C@@]1(O)CC(=O)N(C)CC/C=C/[C@H](OCCCBr)[C@@H]2CC[C@H]2CN2C[C@@]3(CCCc4cc(Cl)ccc43)COc3ccc1cc32. The Balaban J connectivity index is 1.44. The van der Waals surface area contributed by atoms with Gasteiger partial charge in [0, 0.05) is 49.1 Å². The summed E-state index contributed by atoms with van der Waals surface area (Å²) in [4.78, 5) is 30.6. The van der Waals surface area contributed by atoms with Crippen molar-refractivity contribution in [2.75, 3.05) is 57.2 Å². The Morgan fingerprint density at radius 3 is 2.83 bits per heavy atom. The molecular weight excluding hydrogens is 684 g/mol. The molecule has 2 aliphatic carbocycles. The molecular formula is C37H46BrClN2O6. The monoisotopic (exact) mass is 728 g/mol. The molecule has 2 bridgehead atoms. The molecule has 254 valence electrons. The van der Waals surface area contributed by atoms with Crippen molar-refractivity contribution in [3.05, 3.63) is 70.3 Å². The molecule has 5 atom stereocenters. The number of carbonyl (C=O) groups excluding carboxylic acids is 2. The van der Waals surface area contributed by atoms with Gasteiger partial charge in [0.05, 0.1) is 31.9 Å². The molecule has 0 unspecified atom stereocenters. The molecule has 1 fully saturated rings. The molecule has 10 heteroatoms. The van der Waals surface area contributed by atoms with E-state index in [0.29, 0.717) is 55.9 Å². The number of carbonyl (C=O) groups is 2. The second-order valence-corrected chi connectivity index (χ2v) is 15.0. The number of hydrogen-bond acceptors (Lipinski definition) is 7. The molecule has 2 aromatic carbocycles. The third-order valence-corrected chi connectivity index (χ3v) is 11.6. The minimum absolute atomic E-state index is 0.00771. The predicted octanol–water partition coefficient (Wildman–Crippen LogP) is 6.18. The van der Waals surface area contributed by atoms with Gasteiger partial charge in [-0.15, -0.1) is 0 Å². The number of methoxy groups -OCH3 is 1. The van der Waals surface area contributed by atoms with Crippen LogP contribution in [0.4, 0.5) is 5.69 Å². The topological polar surface area (TPSA) is 88.5 Å². The number of aryl methyl sites for hydroxylation is 1. The average molecular weight is 730 g/mol.